The van der Waals surface area contributed by atoms with Crippen LogP contribution in [0.15, 0.2) is 21.9 Å². The van der Waals surface area contributed by atoms with E-state index in [2.05, 4.69) is 4.18 Å². The van der Waals surface area contributed by atoms with E-state index in [4.69, 9.17) is 17.8 Å². The molecule has 0 saturated carbocycles. The Morgan fingerprint density at radius 2 is 1.50 bits per heavy atom. The van der Waals surface area contributed by atoms with Gasteiger partial charge in [0.1, 0.15) is 16.9 Å². The summed E-state index contributed by atoms with van der Waals surface area (Å²) in [5, 5.41) is 1.87. The van der Waals surface area contributed by atoms with Crippen LogP contribution in [-0.4, -0.2) is 38.9 Å². The zero-order chi connectivity index (χ0) is 18.8. The SMILES string of the molecule is Cc1cc(OSC#COS(=O)(=O)O)c(S(=O)(=O)O)cc1S(=O)(=O)O. The highest BCUT2D eigenvalue weighted by molar-refractivity contribution is 7.99. The van der Waals surface area contributed by atoms with Crippen LogP contribution in [0.3, 0.4) is 0 Å². The van der Waals surface area contributed by atoms with Crippen molar-refractivity contribution in [2.45, 2.75) is 16.7 Å². The lowest BCUT2D eigenvalue weighted by Crippen LogP contribution is -2.07. The molecule has 0 aliphatic rings. The molecule has 0 unspecified atom stereocenters. The lowest BCUT2D eigenvalue weighted by molar-refractivity contribution is 0.371. The Labute approximate surface area is 141 Å². The van der Waals surface area contributed by atoms with Gasteiger partial charge in [-0.25, -0.2) is 0 Å². The Hall–Kier alpha value is -1.54. The van der Waals surface area contributed by atoms with Crippen LogP contribution in [0.5, 0.6) is 5.75 Å². The van der Waals surface area contributed by atoms with Gasteiger partial charge in [0.2, 0.25) is 0 Å². The summed E-state index contributed by atoms with van der Waals surface area (Å²) in [4.78, 5) is -1.75. The molecule has 1 aromatic carbocycles. The smallest absolute Gasteiger partial charge is 0.411 e. The summed E-state index contributed by atoms with van der Waals surface area (Å²) < 4.78 is 100. The molecule has 0 amide bonds. The lowest BCUT2D eigenvalue weighted by Gasteiger charge is -2.10. The van der Waals surface area contributed by atoms with E-state index < -0.39 is 46.2 Å². The molecule has 15 heteroatoms. The molecule has 24 heavy (non-hydrogen) atoms. The standard InChI is InChI=1S/C9H8O11S4/c1-6-4-7(20-21-3-2-19-24(16,17)18)9(23(13,14)15)5-8(6)22(10,11)12/h4-5H,1H3,(H,10,11,12)(H,13,14,15)(H,16,17,18). The van der Waals surface area contributed by atoms with Crippen LogP contribution in [-0.2, 0) is 34.8 Å². The minimum atomic E-state index is -4.93. The zero-order valence-electron chi connectivity index (χ0n) is 11.4. The van der Waals surface area contributed by atoms with E-state index >= 15 is 0 Å². The van der Waals surface area contributed by atoms with Gasteiger partial charge in [0, 0.05) is 0 Å². The molecule has 0 saturated heterocycles. The maximum absolute atomic E-state index is 11.3. The second-order valence-electron chi connectivity index (χ2n) is 3.90. The van der Waals surface area contributed by atoms with Gasteiger partial charge < -0.3 is 8.37 Å². The predicted octanol–water partition coefficient (Wildman–Crippen LogP) is 0.253. The van der Waals surface area contributed by atoms with E-state index in [0.29, 0.717) is 6.07 Å². The Bertz CT molecular complexity index is 1010. The van der Waals surface area contributed by atoms with E-state index in [0.717, 1.165) is 6.07 Å². The molecule has 0 heterocycles. The van der Waals surface area contributed by atoms with E-state index in [1.807, 2.05) is 5.25 Å². The van der Waals surface area contributed by atoms with Gasteiger partial charge in [0.05, 0.1) is 10.1 Å². The first-order valence-electron chi connectivity index (χ1n) is 5.31. The van der Waals surface area contributed by atoms with Crippen molar-refractivity contribution in [1.82, 2.24) is 0 Å². The number of benzene rings is 1. The molecular weight excluding hydrogens is 412 g/mol. The van der Waals surface area contributed by atoms with Crippen LogP contribution >= 0.6 is 12.0 Å². The van der Waals surface area contributed by atoms with Crippen molar-refractivity contribution < 1.29 is 47.3 Å². The summed E-state index contributed by atoms with van der Waals surface area (Å²) in [5.74, 6) is -0.548. The fourth-order valence-corrected chi connectivity index (χ4v) is 3.37. The van der Waals surface area contributed by atoms with E-state index in [1.54, 1.807) is 0 Å². The third-order valence-electron chi connectivity index (χ3n) is 2.16. The third-order valence-corrected chi connectivity index (χ3v) is 4.75. The molecule has 0 aromatic heterocycles. The number of rotatable bonds is 5. The second kappa shape index (κ2) is 7.14. The van der Waals surface area contributed by atoms with Gasteiger partial charge in [-0.1, -0.05) is 0 Å². The molecule has 1 aromatic rings. The third kappa shape index (κ3) is 6.16. The van der Waals surface area contributed by atoms with Crippen LogP contribution in [0.25, 0.3) is 0 Å². The monoisotopic (exact) mass is 420 g/mol. The van der Waals surface area contributed by atoms with E-state index in [9.17, 15) is 25.3 Å². The van der Waals surface area contributed by atoms with Gasteiger partial charge in [-0.3, -0.25) is 13.7 Å². The Morgan fingerprint density at radius 3 is 1.96 bits per heavy atom. The first-order chi connectivity index (χ1) is 10.7. The maximum atomic E-state index is 11.3. The van der Waals surface area contributed by atoms with E-state index in [1.165, 1.54) is 13.0 Å². The highest BCUT2D eigenvalue weighted by atomic mass is 32.3. The van der Waals surface area contributed by atoms with Crippen LogP contribution in [0, 0.1) is 18.3 Å². The molecule has 0 spiro atoms. The molecule has 0 radical (unpaired) electrons. The first kappa shape index (κ1) is 20.5. The largest absolute Gasteiger partial charge is 0.454 e. The van der Waals surface area contributed by atoms with Crippen molar-refractivity contribution in [1.29, 1.82) is 0 Å². The summed E-state index contributed by atoms with van der Waals surface area (Å²) in [7, 11) is -14.5. The molecule has 0 aliphatic carbocycles. The molecule has 0 bridgehead atoms. The minimum absolute atomic E-state index is 0.109. The molecule has 0 atom stereocenters. The Morgan fingerprint density at radius 1 is 0.958 bits per heavy atom. The Kier molecular flexibility index (Phi) is 6.10. The average molecular weight is 420 g/mol. The second-order valence-corrected chi connectivity index (χ2v) is 8.24. The molecule has 1 rings (SSSR count). The summed E-state index contributed by atoms with van der Waals surface area (Å²) in [6.45, 7) is 1.21. The van der Waals surface area contributed by atoms with Gasteiger partial charge >= 0.3 is 10.4 Å². The Balaban J connectivity index is 3.22. The predicted molar refractivity (Wildman–Crippen MR) is 79.4 cm³/mol. The van der Waals surface area contributed by atoms with Crippen LogP contribution < -0.4 is 4.18 Å². The average Bonchev–Trinajstić information content (AvgIpc) is 2.33. The number of aryl methyl sites for hydroxylation is 1. The van der Waals surface area contributed by atoms with E-state index in [-0.39, 0.29) is 17.6 Å². The lowest BCUT2D eigenvalue weighted by atomic mass is 10.2. The molecule has 11 nitrogen and oxygen atoms in total. The molecule has 0 fully saturated rings. The summed E-state index contributed by atoms with van der Waals surface area (Å²) in [6, 6.07) is 1.35. The summed E-state index contributed by atoms with van der Waals surface area (Å²) in [5.41, 5.74) is -0.109. The van der Waals surface area contributed by atoms with Gasteiger partial charge in [0.15, 0.2) is 11.9 Å². The van der Waals surface area contributed by atoms with Crippen molar-refractivity contribution in [2.75, 3.05) is 0 Å². The van der Waals surface area contributed by atoms with Crippen LogP contribution in [0.2, 0.25) is 0 Å². The zero-order valence-corrected chi connectivity index (χ0v) is 14.7. The van der Waals surface area contributed by atoms with Gasteiger partial charge in [0.25, 0.3) is 20.2 Å². The van der Waals surface area contributed by atoms with Crippen molar-refractivity contribution in [3.8, 4) is 17.1 Å². The molecule has 3 N–H and O–H groups in total. The topological polar surface area (TPSA) is 182 Å². The molecule has 0 aliphatic heterocycles. The maximum Gasteiger partial charge on any atom is 0.454 e. The number of hydrogen-bond acceptors (Lipinski definition) is 9. The van der Waals surface area contributed by atoms with Crippen molar-refractivity contribution in [3.05, 3.63) is 17.7 Å². The molecule has 134 valence electrons. The van der Waals surface area contributed by atoms with Crippen LogP contribution in [0.4, 0.5) is 0 Å². The summed E-state index contributed by atoms with van der Waals surface area (Å²) >= 11 is 0.150. The number of hydrogen-bond donors (Lipinski definition) is 3. The van der Waals surface area contributed by atoms with Gasteiger partial charge in [-0.05, 0) is 24.6 Å². The van der Waals surface area contributed by atoms with Crippen molar-refractivity contribution >= 4 is 42.7 Å². The van der Waals surface area contributed by atoms with Crippen LogP contribution in [0.1, 0.15) is 5.56 Å². The fourth-order valence-electron chi connectivity index (χ4n) is 1.34. The van der Waals surface area contributed by atoms with Crippen molar-refractivity contribution in [3.63, 3.8) is 0 Å². The molecular formula is C9H8O11S4. The quantitative estimate of drug-likeness (QED) is 0.336. The van der Waals surface area contributed by atoms with Gasteiger partial charge in [-0.2, -0.15) is 25.3 Å². The fraction of sp³-hybridized carbons (Fsp3) is 0.111. The minimum Gasteiger partial charge on any atom is -0.411 e. The van der Waals surface area contributed by atoms with Gasteiger partial charge in [-0.15, -0.1) is 0 Å². The summed E-state index contributed by atoms with van der Waals surface area (Å²) in [6.07, 6.45) is 1.51. The van der Waals surface area contributed by atoms with Crippen molar-refractivity contribution in [2.24, 2.45) is 0 Å². The first-order valence-corrected chi connectivity index (χ1v) is 10.3. The normalized spacial score (nSPS) is 12.2. The highest BCUT2D eigenvalue weighted by Crippen LogP contribution is 2.31. The highest BCUT2D eigenvalue weighted by Gasteiger charge is 2.24.